The predicted octanol–water partition coefficient (Wildman–Crippen LogP) is 2.82. The van der Waals surface area contributed by atoms with Crippen molar-refractivity contribution in [2.45, 2.75) is 12.6 Å². The van der Waals surface area contributed by atoms with Gasteiger partial charge in [-0.3, -0.25) is 14.9 Å². The normalized spacial score (nSPS) is 19.0. The molecule has 1 aliphatic rings. The summed E-state index contributed by atoms with van der Waals surface area (Å²) >= 11 is 0. The fourth-order valence-electron chi connectivity index (χ4n) is 2.86. The Morgan fingerprint density at radius 1 is 1.15 bits per heavy atom. The molecule has 1 saturated heterocycles. The smallest absolute Gasteiger partial charge is 0.319 e. The van der Waals surface area contributed by atoms with Gasteiger partial charge in [0.05, 0.1) is 11.0 Å². The maximum absolute atomic E-state index is 12.7. The van der Waals surface area contributed by atoms with Crippen molar-refractivity contribution in [1.82, 2.24) is 10.6 Å². The van der Waals surface area contributed by atoms with E-state index in [-0.39, 0.29) is 18.0 Å². The van der Waals surface area contributed by atoms with Crippen molar-refractivity contribution in [2.75, 3.05) is 0 Å². The summed E-state index contributed by atoms with van der Waals surface area (Å²) in [7, 11) is 0. The molecule has 2 aromatic carbocycles. The second-order valence-corrected chi connectivity index (χ2v) is 6.02. The van der Waals surface area contributed by atoms with E-state index in [2.05, 4.69) is 17.2 Å². The van der Waals surface area contributed by atoms with Crippen molar-refractivity contribution in [3.63, 3.8) is 0 Å². The van der Waals surface area contributed by atoms with Crippen molar-refractivity contribution >= 4 is 17.7 Å². The maximum Gasteiger partial charge on any atom is 0.319 e. The molecule has 1 fully saturated rings. The van der Waals surface area contributed by atoms with Crippen molar-refractivity contribution in [2.24, 2.45) is 5.92 Å². The van der Waals surface area contributed by atoms with Crippen LogP contribution in [0.3, 0.4) is 0 Å². The van der Waals surface area contributed by atoms with E-state index >= 15 is 0 Å². The summed E-state index contributed by atoms with van der Waals surface area (Å²) in [6.07, 6.45) is 0. The van der Waals surface area contributed by atoms with Gasteiger partial charge in [-0.15, -0.1) is 0 Å². The van der Waals surface area contributed by atoms with E-state index in [1.807, 2.05) is 30.3 Å². The number of urea groups is 1. The van der Waals surface area contributed by atoms with Crippen LogP contribution < -0.4 is 10.6 Å². The Labute approximate surface area is 155 Å². The Hall–Kier alpha value is -3.68. The summed E-state index contributed by atoms with van der Waals surface area (Å²) in [5.41, 5.74) is 1.50. The monoisotopic (exact) mass is 367 g/mol. The number of esters is 1. The summed E-state index contributed by atoms with van der Waals surface area (Å²) in [6, 6.07) is 13.6. The first-order valence-electron chi connectivity index (χ1n) is 8.17. The molecule has 3 rings (SSSR count). The van der Waals surface area contributed by atoms with E-state index in [4.69, 9.17) is 4.74 Å². The van der Waals surface area contributed by atoms with E-state index in [0.29, 0.717) is 5.56 Å². The first-order valence-corrected chi connectivity index (χ1v) is 8.17. The first kappa shape index (κ1) is 18.1. The van der Waals surface area contributed by atoms with Gasteiger partial charge in [-0.1, -0.05) is 49.0 Å². The minimum atomic E-state index is -0.868. The quantitative estimate of drug-likeness (QED) is 0.480. The minimum Gasteiger partial charge on any atom is -0.460 e. The zero-order valence-electron chi connectivity index (χ0n) is 14.3. The lowest BCUT2D eigenvalue weighted by Crippen LogP contribution is -2.51. The molecular formula is C19H17N3O5. The van der Waals surface area contributed by atoms with Gasteiger partial charge < -0.3 is 15.4 Å². The number of rotatable bonds is 5. The molecule has 2 amide bonds. The fraction of sp³-hybridized carbons (Fsp3) is 0.158. The minimum absolute atomic E-state index is 0.0824. The number of ether oxygens (including phenoxy) is 1. The summed E-state index contributed by atoms with van der Waals surface area (Å²) in [5.74, 6) is -1.42. The number of nitro benzene ring substituents is 1. The van der Waals surface area contributed by atoms with Crippen molar-refractivity contribution in [3.8, 4) is 0 Å². The van der Waals surface area contributed by atoms with E-state index < -0.39 is 28.9 Å². The van der Waals surface area contributed by atoms with Crippen LogP contribution in [0.2, 0.25) is 0 Å². The van der Waals surface area contributed by atoms with E-state index in [1.165, 1.54) is 24.3 Å². The van der Waals surface area contributed by atoms with Crippen molar-refractivity contribution in [1.29, 1.82) is 0 Å². The summed E-state index contributed by atoms with van der Waals surface area (Å²) in [5, 5.41) is 16.0. The van der Waals surface area contributed by atoms with Crippen LogP contribution in [-0.4, -0.2) is 16.9 Å². The second kappa shape index (κ2) is 7.69. The lowest BCUT2D eigenvalue weighted by Gasteiger charge is -2.33. The van der Waals surface area contributed by atoms with Crippen LogP contribution in [0.4, 0.5) is 10.5 Å². The molecule has 27 heavy (non-hydrogen) atoms. The van der Waals surface area contributed by atoms with Crippen LogP contribution in [0.15, 0.2) is 66.9 Å². The second-order valence-electron chi connectivity index (χ2n) is 6.02. The Morgan fingerprint density at radius 3 is 2.44 bits per heavy atom. The molecular weight excluding hydrogens is 350 g/mol. The number of nitrogens with zero attached hydrogens (tertiary/aromatic N) is 1. The highest BCUT2D eigenvalue weighted by atomic mass is 16.6. The number of hydrogen-bond acceptors (Lipinski definition) is 5. The van der Waals surface area contributed by atoms with Gasteiger partial charge in [0.25, 0.3) is 5.69 Å². The van der Waals surface area contributed by atoms with E-state index in [0.717, 1.165) is 5.56 Å². The molecule has 0 aliphatic carbocycles. The average molecular weight is 367 g/mol. The van der Waals surface area contributed by atoms with Gasteiger partial charge in [0.15, 0.2) is 0 Å². The molecule has 1 heterocycles. The number of benzene rings is 2. The van der Waals surface area contributed by atoms with Crippen LogP contribution in [0.25, 0.3) is 0 Å². The van der Waals surface area contributed by atoms with Crippen LogP contribution in [0.1, 0.15) is 17.2 Å². The molecule has 138 valence electrons. The number of carbonyl (C=O) groups is 2. The standard InChI is InChI=1S/C19H17N3O5/c1-12-16(18(23)27-11-13-5-3-2-4-6-13)17(21-19(24)20-12)14-7-9-15(10-8-14)22(25)26/h2-10,16-17H,1,11H2,(H2,20,21,24). The largest absolute Gasteiger partial charge is 0.460 e. The first-order chi connectivity index (χ1) is 13.0. The van der Waals surface area contributed by atoms with E-state index in [9.17, 15) is 19.7 Å². The molecule has 0 saturated carbocycles. The van der Waals surface area contributed by atoms with Crippen LogP contribution in [-0.2, 0) is 16.1 Å². The average Bonchev–Trinajstić information content (AvgIpc) is 2.66. The summed E-state index contributed by atoms with van der Waals surface area (Å²) in [4.78, 5) is 34.8. The van der Waals surface area contributed by atoms with Gasteiger partial charge in [-0.25, -0.2) is 4.79 Å². The molecule has 0 bridgehead atoms. The Bertz CT molecular complexity index is 880. The third kappa shape index (κ3) is 4.12. The van der Waals surface area contributed by atoms with Crippen molar-refractivity contribution < 1.29 is 19.2 Å². The molecule has 2 N–H and O–H groups in total. The molecule has 0 aromatic heterocycles. The topological polar surface area (TPSA) is 111 Å². The summed E-state index contributed by atoms with van der Waals surface area (Å²) < 4.78 is 5.39. The third-order valence-electron chi connectivity index (χ3n) is 4.21. The molecule has 8 nitrogen and oxygen atoms in total. The Balaban J connectivity index is 1.80. The van der Waals surface area contributed by atoms with Gasteiger partial charge >= 0.3 is 12.0 Å². The van der Waals surface area contributed by atoms with Gasteiger partial charge in [-0.05, 0) is 11.1 Å². The molecule has 2 aromatic rings. The summed E-state index contributed by atoms with van der Waals surface area (Å²) in [6.45, 7) is 3.85. The zero-order valence-corrected chi connectivity index (χ0v) is 14.3. The van der Waals surface area contributed by atoms with Gasteiger partial charge in [0.1, 0.15) is 12.5 Å². The van der Waals surface area contributed by atoms with Crippen LogP contribution >= 0.6 is 0 Å². The highest BCUT2D eigenvalue weighted by Crippen LogP contribution is 2.31. The Kier molecular flexibility index (Phi) is 5.16. The molecule has 0 radical (unpaired) electrons. The number of non-ortho nitro benzene ring substituents is 1. The van der Waals surface area contributed by atoms with Gasteiger partial charge in [-0.2, -0.15) is 0 Å². The van der Waals surface area contributed by atoms with Crippen LogP contribution in [0, 0.1) is 16.0 Å². The highest BCUT2D eigenvalue weighted by molar-refractivity contribution is 5.85. The predicted molar refractivity (Wildman–Crippen MR) is 96.4 cm³/mol. The number of carbonyl (C=O) groups excluding carboxylic acids is 2. The SMILES string of the molecule is C=C1NC(=O)NC(c2ccc([N+](=O)[O-])cc2)C1C(=O)OCc1ccccc1. The van der Waals surface area contributed by atoms with Gasteiger partial charge in [0.2, 0.25) is 0 Å². The van der Waals surface area contributed by atoms with Crippen molar-refractivity contribution in [3.05, 3.63) is 88.1 Å². The highest BCUT2D eigenvalue weighted by Gasteiger charge is 2.39. The number of amides is 2. The van der Waals surface area contributed by atoms with E-state index in [1.54, 1.807) is 0 Å². The lowest BCUT2D eigenvalue weighted by molar-refractivity contribution is -0.384. The number of nitrogens with one attached hydrogen (secondary N) is 2. The molecule has 8 heteroatoms. The van der Waals surface area contributed by atoms with Crippen LogP contribution in [0.5, 0.6) is 0 Å². The third-order valence-corrected chi connectivity index (χ3v) is 4.21. The fourth-order valence-corrected chi connectivity index (χ4v) is 2.86. The maximum atomic E-state index is 12.7. The number of nitro groups is 1. The number of hydrogen-bond donors (Lipinski definition) is 2. The molecule has 2 atom stereocenters. The van der Waals surface area contributed by atoms with Gasteiger partial charge in [0, 0.05) is 17.8 Å². The Morgan fingerprint density at radius 2 is 1.81 bits per heavy atom. The molecule has 0 spiro atoms. The molecule has 2 unspecified atom stereocenters. The lowest BCUT2D eigenvalue weighted by atomic mass is 9.89. The zero-order chi connectivity index (χ0) is 19.4. The molecule has 1 aliphatic heterocycles.